The highest BCUT2D eigenvalue weighted by molar-refractivity contribution is 5.81. The number of likely N-dealkylation sites (tertiary alicyclic amines) is 1. The van der Waals surface area contributed by atoms with Crippen LogP contribution in [0.1, 0.15) is 53.9 Å². The number of carbonyl (C=O) groups is 1. The van der Waals surface area contributed by atoms with E-state index in [4.69, 9.17) is 0 Å². The molecule has 2 atom stereocenters. The molecule has 0 aromatic carbocycles. The van der Waals surface area contributed by atoms with E-state index in [0.717, 1.165) is 19.5 Å². The Bertz CT molecular complexity index is 291. The average molecular weight is 269 g/mol. The van der Waals surface area contributed by atoms with Gasteiger partial charge in [0, 0.05) is 18.1 Å². The number of amides is 1. The molecule has 112 valence electrons. The fraction of sp³-hybridized carbons (Fsp3) is 0.933. The molecule has 4 nitrogen and oxygen atoms in total. The number of rotatable bonds is 7. The van der Waals surface area contributed by atoms with E-state index in [1.54, 1.807) is 0 Å². The molecule has 0 spiro atoms. The number of hydrogen-bond acceptors (Lipinski definition) is 3. The fourth-order valence-electron chi connectivity index (χ4n) is 2.48. The van der Waals surface area contributed by atoms with Crippen LogP contribution in [-0.2, 0) is 4.79 Å². The van der Waals surface area contributed by atoms with Crippen LogP contribution in [0.4, 0.5) is 0 Å². The van der Waals surface area contributed by atoms with Crippen molar-refractivity contribution in [3.63, 3.8) is 0 Å². The van der Waals surface area contributed by atoms with Crippen molar-refractivity contribution in [1.29, 1.82) is 0 Å². The summed E-state index contributed by atoms with van der Waals surface area (Å²) in [4.78, 5) is 14.6. The predicted molar refractivity (Wildman–Crippen MR) is 80.2 cm³/mol. The zero-order valence-electron chi connectivity index (χ0n) is 13.3. The Kier molecular flexibility index (Phi) is 6.27. The summed E-state index contributed by atoms with van der Waals surface area (Å²) < 4.78 is 0. The molecular weight excluding hydrogens is 238 g/mol. The van der Waals surface area contributed by atoms with Crippen LogP contribution in [0.2, 0.25) is 0 Å². The molecule has 1 heterocycles. The van der Waals surface area contributed by atoms with Crippen LogP contribution < -0.4 is 10.6 Å². The van der Waals surface area contributed by atoms with Crippen LogP contribution in [0.25, 0.3) is 0 Å². The smallest absolute Gasteiger partial charge is 0.237 e. The maximum absolute atomic E-state index is 12.1. The van der Waals surface area contributed by atoms with Crippen LogP contribution in [0.3, 0.4) is 0 Å². The summed E-state index contributed by atoms with van der Waals surface area (Å²) in [7, 11) is 0. The standard InChI is InChI=1S/C15H31N3O/c1-6-15(4,5)17-14(19)12(3)16-11-13-9-8-10-18(13)7-2/h12-13,16H,6-11H2,1-5H3,(H,17,19). The van der Waals surface area contributed by atoms with Gasteiger partial charge in [-0.05, 0) is 53.1 Å². The Morgan fingerprint density at radius 2 is 2.11 bits per heavy atom. The minimum atomic E-state index is -0.120. The quantitative estimate of drug-likeness (QED) is 0.740. The van der Waals surface area contributed by atoms with E-state index in [1.165, 1.54) is 19.4 Å². The summed E-state index contributed by atoms with van der Waals surface area (Å²) in [5, 5.41) is 6.47. The van der Waals surface area contributed by atoms with Gasteiger partial charge in [0.1, 0.15) is 0 Å². The van der Waals surface area contributed by atoms with Gasteiger partial charge in [-0.15, -0.1) is 0 Å². The second-order valence-electron chi connectivity index (χ2n) is 6.28. The molecule has 0 saturated carbocycles. The van der Waals surface area contributed by atoms with Gasteiger partial charge < -0.3 is 10.6 Å². The predicted octanol–water partition coefficient (Wildman–Crippen LogP) is 1.75. The molecule has 0 aromatic heterocycles. The van der Waals surface area contributed by atoms with Gasteiger partial charge in [0.05, 0.1) is 6.04 Å². The second kappa shape index (κ2) is 7.25. The molecule has 1 aliphatic rings. The summed E-state index contributed by atoms with van der Waals surface area (Å²) in [5.41, 5.74) is -0.115. The number of nitrogens with one attached hydrogen (secondary N) is 2. The molecular formula is C15H31N3O. The zero-order chi connectivity index (χ0) is 14.5. The Labute approximate surface area is 118 Å². The van der Waals surface area contributed by atoms with Crippen molar-refractivity contribution < 1.29 is 4.79 Å². The van der Waals surface area contributed by atoms with Crippen molar-refractivity contribution in [3.05, 3.63) is 0 Å². The Morgan fingerprint density at radius 3 is 2.68 bits per heavy atom. The normalized spacial score (nSPS) is 22.5. The topological polar surface area (TPSA) is 44.4 Å². The average Bonchev–Trinajstić information content (AvgIpc) is 2.82. The lowest BCUT2D eigenvalue weighted by Gasteiger charge is -2.28. The highest BCUT2D eigenvalue weighted by Crippen LogP contribution is 2.15. The van der Waals surface area contributed by atoms with Crippen molar-refractivity contribution in [2.45, 2.75) is 71.5 Å². The number of likely N-dealkylation sites (N-methyl/N-ethyl adjacent to an activating group) is 1. The first-order valence-corrected chi connectivity index (χ1v) is 7.69. The third kappa shape index (κ3) is 5.11. The molecule has 1 saturated heterocycles. The van der Waals surface area contributed by atoms with E-state index in [-0.39, 0.29) is 17.5 Å². The van der Waals surface area contributed by atoms with E-state index in [2.05, 4.69) is 43.2 Å². The highest BCUT2D eigenvalue weighted by atomic mass is 16.2. The molecule has 4 heteroatoms. The van der Waals surface area contributed by atoms with Crippen molar-refractivity contribution >= 4 is 5.91 Å². The SMILES string of the molecule is CCN1CCCC1CNC(C)C(=O)NC(C)(C)CC. The Morgan fingerprint density at radius 1 is 1.42 bits per heavy atom. The summed E-state index contributed by atoms with van der Waals surface area (Å²) in [6.07, 6.45) is 3.47. The lowest BCUT2D eigenvalue weighted by atomic mass is 10.0. The van der Waals surface area contributed by atoms with E-state index in [0.29, 0.717) is 6.04 Å². The van der Waals surface area contributed by atoms with Gasteiger partial charge >= 0.3 is 0 Å². The maximum Gasteiger partial charge on any atom is 0.237 e. The van der Waals surface area contributed by atoms with Crippen molar-refractivity contribution in [2.75, 3.05) is 19.6 Å². The van der Waals surface area contributed by atoms with E-state index in [9.17, 15) is 4.79 Å². The number of nitrogens with zero attached hydrogens (tertiary/aromatic N) is 1. The van der Waals surface area contributed by atoms with Gasteiger partial charge in [-0.25, -0.2) is 0 Å². The molecule has 0 aromatic rings. The summed E-state index contributed by atoms with van der Waals surface area (Å²) in [6, 6.07) is 0.476. The van der Waals surface area contributed by atoms with E-state index >= 15 is 0 Å². The van der Waals surface area contributed by atoms with Gasteiger partial charge in [-0.2, -0.15) is 0 Å². The lowest BCUT2D eigenvalue weighted by molar-refractivity contribution is -0.124. The number of hydrogen-bond donors (Lipinski definition) is 2. The minimum Gasteiger partial charge on any atom is -0.350 e. The first-order chi connectivity index (χ1) is 8.89. The third-order valence-corrected chi connectivity index (χ3v) is 4.30. The molecule has 0 radical (unpaired) electrons. The van der Waals surface area contributed by atoms with E-state index in [1.807, 2.05) is 6.92 Å². The first-order valence-electron chi connectivity index (χ1n) is 7.69. The minimum absolute atomic E-state index is 0.105. The molecule has 1 rings (SSSR count). The molecule has 0 aliphatic carbocycles. The van der Waals surface area contributed by atoms with Gasteiger partial charge in [-0.3, -0.25) is 9.69 Å². The molecule has 1 amide bonds. The van der Waals surface area contributed by atoms with Crippen molar-refractivity contribution in [1.82, 2.24) is 15.5 Å². The third-order valence-electron chi connectivity index (χ3n) is 4.30. The van der Waals surface area contributed by atoms with Crippen molar-refractivity contribution in [3.8, 4) is 0 Å². The summed E-state index contributed by atoms with van der Waals surface area (Å²) in [6.45, 7) is 13.6. The number of carbonyl (C=O) groups excluding carboxylic acids is 1. The largest absolute Gasteiger partial charge is 0.350 e. The fourth-order valence-corrected chi connectivity index (χ4v) is 2.48. The molecule has 0 bridgehead atoms. The van der Waals surface area contributed by atoms with Gasteiger partial charge in [0.25, 0.3) is 0 Å². The molecule has 2 unspecified atom stereocenters. The van der Waals surface area contributed by atoms with Crippen LogP contribution in [0.15, 0.2) is 0 Å². The lowest BCUT2D eigenvalue weighted by Crippen LogP contribution is -2.52. The van der Waals surface area contributed by atoms with Crippen molar-refractivity contribution in [2.24, 2.45) is 0 Å². The Hall–Kier alpha value is -0.610. The molecule has 1 aliphatic heterocycles. The molecule has 1 fully saturated rings. The van der Waals surface area contributed by atoms with E-state index < -0.39 is 0 Å². The zero-order valence-corrected chi connectivity index (χ0v) is 13.3. The van der Waals surface area contributed by atoms with Crippen LogP contribution >= 0.6 is 0 Å². The summed E-state index contributed by atoms with van der Waals surface area (Å²) >= 11 is 0. The first kappa shape index (κ1) is 16.4. The van der Waals surface area contributed by atoms with Crippen LogP contribution in [0.5, 0.6) is 0 Å². The van der Waals surface area contributed by atoms with Gasteiger partial charge in [0.2, 0.25) is 5.91 Å². The van der Waals surface area contributed by atoms with Gasteiger partial charge in [0.15, 0.2) is 0 Å². The monoisotopic (exact) mass is 269 g/mol. The maximum atomic E-state index is 12.1. The molecule has 19 heavy (non-hydrogen) atoms. The Balaban J connectivity index is 2.34. The van der Waals surface area contributed by atoms with Crippen LogP contribution in [0, 0.1) is 0 Å². The van der Waals surface area contributed by atoms with Gasteiger partial charge in [-0.1, -0.05) is 13.8 Å². The summed E-state index contributed by atoms with van der Waals surface area (Å²) in [5.74, 6) is 0.105. The highest BCUT2D eigenvalue weighted by Gasteiger charge is 2.25. The molecule has 2 N–H and O–H groups in total. The van der Waals surface area contributed by atoms with Crippen LogP contribution in [-0.4, -0.2) is 48.1 Å². The second-order valence-corrected chi connectivity index (χ2v) is 6.28.